The van der Waals surface area contributed by atoms with Crippen LogP contribution in [0.1, 0.15) is 33.6 Å². The molecule has 0 aliphatic carbocycles. The molecule has 0 radical (unpaired) electrons. The Hall–Kier alpha value is -0.690. The normalized spacial score (nSPS) is 12.3. The van der Waals surface area contributed by atoms with Gasteiger partial charge in [0.2, 0.25) is 0 Å². The highest BCUT2D eigenvalue weighted by Crippen LogP contribution is 1.94. The Morgan fingerprint density at radius 3 is 1.90 bits per heavy atom. The summed E-state index contributed by atoms with van der Waals surface area (Å²) in [6, 6.07) is 0. The number of rotatable bonds is 15. The van der Waals surface area contributed by atoms with Gasteiger partial charge in [-0.05, 0) is 20.3 Å². The van der Waals surface area contributed by atoms with Gasteiger partial charge in [0.15, 0.2) is 6.10 Å². The predicted molar refractivity (Wildman–Crippen MR) is 79.4 cm³/mol. The molecule has 0 heterocycles. The highest BCUT2D eigenvalue weighted by molar-refractivity contribution is 5.74. The van der Waals surface area contributed by atoms with Crippen LogP contribution in [-0.2, 0) is 28.5 Å². The van der Waals surface area contributed by atoms with Crippen LogP contribution in [0.4, 0.5) is 0 Å². The minimum atomic E-state index is -0.551. The Balaban J connectivity index is 3.17. The Kier molecular flexibility index (Phi) is 15.2. The zero-order valence-corrected chi connectivity index (χ0v) is 13.6. The maximum absolute atomic E-state index is 11.3. The van der Waals surface area contributed by atoms with Crippen molar-refractivity contribution in [3.8, 4) is 0 Å². The smallest absolute Gasteiger partial charge is 0.334 e. The number of unbranched alkanes of at least 4 members (excludes halogenated alkanes) is 1. The molecule has 0 saturated carbocycles. The molecule has 0 N–H and O–H groups in total. The second-order valence-corrected chi connectivity index (χ2v) is 4.46. The standard InChI is InChI=1S/C15H30O6/c1-4-6-7-17-8-9-18-10-11-19-12-13-21-14(3)15(16)20-5-2/h14H,4-13H2,1-3H3. The SMILES string of the molecule is CCCCOCCOCCOCCOC(C)C(=O)OCC. The van der Waals surface area contributed by atoms with Gasteiger partial charge in [-0.1, -0.05) is 13.3 Å². The van der Waals surface area contributed by atoms with Gasteiger partial charge in [-0.15, -0.1) is 0 Å². The maximum Gasteiger partial charge on any atom is 0.334 e. The summed E-state index contributed by atoms with van der Waals surface area (Å²) in [5.74, 6) is -0.344. The quantitative estimate of drug-likeness (QED) is 0.340. The molecule has 0 fully saturated rings. The third-order valence-electron chi connectivity index (χ3n) is 2.60. The van der Waals surface area contributed by atoms with Gasteiger partial charge in [-0.25, -0.2) is 4.79 Å². The monoisotopic (exact) mass is 306 g/mol. The largest absolute Gasteiger partial charge is 0.464 e. The molecule has 0 aliphatic heterocycles. The summed E-state index contributed by atoms with van der Waals surface area (Å²) in [6.07, 6.45) is 1.68. The van der Waals surface area contributed by atoms with Crippen molar-refractivity contribution in [1.82, 2.24) is 0 Å². The van der Waals surface area contributed by atoms with E-state index in [0.29, 0.717) is 46.2 Å². The summed E-state index contributed by atoms with van der Waals surface area (Å²) in [5.41, 5.74) is 0. The number of esters is 1. The second-order valence-electron chi connectivity index (χ2n) is 4.46. The molecule has 0 rings (SSSR count). The average Bonchev–Trinajstić information content (AvgIpc) is 2.48. The van der Waals surface area contributed by atoms with Crippen molar-refractivity contribution >= 4 is 5.97 Å². The lowest BCUT2D eigenvalue weighted by atomic mass is 10.4. The summed E-state index contributed by atoms with van der Waals surface area (Å²) in [7, 11) is 0. The van der Waals surface area contributed by atoms with Gasteiger partial charge in [-0.3, -0.25) is 0 Å². The zero-order valence-electron chi connectivity index (χ0n) is 13.6. The van der Waals surface area contributed by atoms with E-state index >= 15 is 0 Å². The van der Waals surface area contributed by atoms with E-state index < -0.39 is 6.10 Å². The Bertz CT molecular complexity index is 234. The van der Waals surface area contributed by atoms with Crippen LogP contribution in [0.25, 0.3) is 0 Å². The van der Waals surface area contributed by atoms with Crippen molar-refractivity contribution in [2.24, 2.45) is 0 Å². The fourth-order valence-corrected chi connectivity index (χ4v) is 1.40. The fourth-order valence-electron chi connectivity index (χ4n) is 1.40. The minimum absolute atomic E-state index is 0.344. The van der Waals surface area contributed by atoms with E-state index in [2.05, 4.69) is 6.92 Å². The summed E-state index contributed by atoms with van der Waals surface area (Å²) in [6.45, 7) is 9.77. The van der Waals surface area contributed by atoms with Crippen LogP contribution >= 0.6 is 0 Å². The van der Waals surface area contributed by atoms with E-state index in [1.54, 1.807) is 13.8 Å². The van der Waals surface area contributed by atoms with Crippen LogP contribution in [0.5, 0.6) is 0 Å². The third-order valence-corrected chi connectivity index (χ3v) is 2.60. The predicted octanol–water partition coefficient (Wildman–Crippen LogP) is 1.80. The molecule has 0 aromatic rings. The summed E-state index contributed by atoms with van der Waals surface area (Å²) in [4.78, 5) is 11.3. The molecule has 126 valence electrons. The number of hydrogen-bond acceptors (Lipinski definition) is 6. The van der Waals surface area contributed by atoms with Gasteiger partial charge >= 0.3 is 5.97 Å². The van der Waals surface area contributed by atoms with Crippen molar-refractivity contribution in [2.75, 3.05) is 52.9 Å². The molecule has 0 bridgehead atoms. The van der Waals surface area contributed by atoms with Crippen LogP contribution in [-0.4, -0.2) is 64.9 Å². The van der Waals surface area contributed by atoms with Crippen molar-refractivity contribution in [1.29, 1.82) is 0 Å². The van der Waals surface area contributed by atoms with Gasteiger partial charge in [-0.2, -0.15) is 0 Å². The number of carbonyl (C=O) groups is 1. The van der Waals surface area contributed by atoms with Crippen molar-refractivity contribution in [2.45, 2.75) is 39.7 Å². The molecule has 0 aromatic carbocycles. The Labute approximate surface area is 128 Å². The average molecular weight is 306 g/mol. The van der Waals surface area contributed by atoms with E-state index in [9.17, 15) is 4.79 Å². The van der Waals surface area contributed by atoms with Crippen LogP contribution in [0, 0.1) is 0 Å². The van der Waals surface area contributed by atoms with Gasteiger partial charge in [0.05, 0.1) is 46.2 Å². The molecule has 0 saturated heterocycles. The van der Waals surface area contributed by atoms with E-state index in [1.807, 2.05) is 0 Å². The van der Waals surface area contributed by atoms with Crippen molar-refractivity contribution < 1.29 is 28.5 Å². The van der Waals surface area contributed by atoms with Gasteiger partial charge in [0.1, 0.15) is 0 Å². The Morgan fingerprint density at radius 1 is 0.857 bits per heavy atom. The first-order valence-electron chi connectivity index (χ1n) is 7.73. The molecule has 1 unspecified atom stereocenters. The van der Waals surface area contributed by atoms with Crippen LogP contribution < -0.4 is 0 Å². The first kappa shape index (κ1) is 20.3. The summed E-state index contributed by atoms with van der Waals surface area (Å²) in [5, 5.41) is 0. The number of carbonyl (C=O) groups excluding carboxylic acids is 1. The van der Waals surface area contributed by atoms with Crippen LogP contribution in [0.2, 0.25) is 0 Å². The van der Waals surface area contributed by atoms with Gasteiger partial charge in [0.25, 0.3) is 0 Å². The van der Waals surface area contributed by atoms with E-state index in [0.717, 1.165) is 19.4 Å². The lowest BCUT2D eigenvalue weighted by molar-refractivity contribution is -0.156. The molecule has 21 heavy (non-hydrogen) atoms. The Morgan fingerprint density at radius 2 is 1.38 bits per heavy atom. The molecule has 6 nitrogen and oxygen atoms in total. The summed E-state index contributed by atoms with van der Waals surface area (Å²) >= 11 is 0. The van der Waals surface area contributed by atoms with Crippen molar-refractivity contribution in [3.05, 3.63) is 0 Å². The maximum atomic E-state index is 11.3. The highest BCUT2D eigenvalue weighted by Gasteiger charge is 2.13. The zero-order chi connectivity index (χ0) is 15.8. The molecule has 0 aromatic heterocycles. The van der Waals surface area contributed by atoms with Gasteiger partial charge < -0.3 is 23.7 Å². The second kappa shape index (κ2) is 15.7. The van der Waals surface area contributed by atoms with E-state index in [1.165, 1.54) is 0 Å². The molecular formula is C15H30O6. The summed E-state index contributed by atoms with van der Waals surface area (Å²) < 4.78 is 26.1. The molecule has 0 spiro atoms. The fraction of sp³-hybridized carbons (Fsp3) is 0.933. The lowest BCUT2D eigenvalue weighted by Crippen LogP contribution is -2.25. The minimum Gasteiger partial charge on any atom is -0.464 e. The topological polar surface area (TPSA) is 63.2 Å². The van der Waals surface area contributed by atoms with Crippen LogP contribution in [0.15, 0.2) is 0 Å². The molecule has 1 atom stereocenters. The van der Waals surface area contributed by atoms with Gasteiger partial charge in [0, 0.05) is 6.61 Å². The van der Waals surface area contributed by atoms with E-state index in [4.69, 9.17) is 23.7 Å². The first-order chi connectivity index (χ1) is 10.2. The lowest BCUT2D eigenvalue weighted by Gasteiger charge is -2.12. The third kappa shape index (κ3) is 14.0. The van der Waals surface area contributed by atoms with Crippen molar-refractivity contribution in [3.63, 3.8) is 0 Å². The number of ether oxygens (including phenoxy) is 5. The first-order valence-corrected chi connectivity index (χ1v) is 7.73. The number of hydrogen-bond donors (Lipinski definition) is 0. The molecule has 0 aliphatic rings. The molecular weight excluding hydrogens is 276 g/mol. The molecule has 6 heteroatoms. The molecule has 0 amide bonds. The van der Waals surface area contributed by atoms with Crippen LogP contribution in [0.3, 0.4) is 0 Å². The highest BCUT2D eigenvalue weighted by atomic mass is 16.6. The van der Waals surface area contributed by atoms with E-state index in [-0.39, 0.29) is 5.97 Å².